The third-order valence-electron chi connectivity index (χ3n) is 5.96. The molecule has 0 aliphatic heterocycles. The predicted molar refractivity (Wildman–Crippen MR) is 108 cm³/mol. The van der Waals surface area contributed by atoms with Crippen molar-refractivity contribution in [2.24, 2.45) is 0 Å². The number of aromatic hydroxyl groups is 1. The zero-order valence-corrected chi connectivity index (χ0v) is 16.4. The Kier molecular flexibility index (Phi) is 4.96. The molecule has 0 fully saturated rings. The summed E-state index contributed by atoms with van der Waals surface area (Å²) in [5.41, 5.74) is -3.18. The summed E-state index contributed by atoms with van der Waals surface area (Å²) in [6.45, 7) is 1.68. The van der Waals surface area contributed by atoms with Crippen LogP contribution in [0.5, 0.6) is 5.75 Å². The van der Waals surface area contributed by atoms with Crippen LogP contribution in [0.1, 0.15) is 42.9 Å². The van der Waals surface area contributed by atoms with Crippen LogP contribution in [0.4, 0.5) is 23.2 Å². The molecule has 1 heterocycles. The highest BCUT2D eigenvalue weighted by Crippen LogP contribution is 2.55. The van der Waals surface area contributed by atoms with E-state index in [2.05, 4.69) is 10.3 Å². The van der Waals surface area contributed by atoms with Gasteiger partial charge in [0.1, 0.15) is 11.6 Å². The average Bonchev–Trinajstić information content (AvgIpc) is 2.68. The molecule has 0 bridgehead atoms. The topological polar surface area (TPSA) is 85.4 Å². The maximum Gasteiger partial charge on any atom is 0.419 e. The second-order valence-corrected chi connectivity index (χ2v) is 7.83. The van der Waals surface area contributed by atoms with E-state index in [9.17, 15) is 32.6 Å². The van der Waals surface area contributed by atoms with Crippen molar-refractivity contribution in [3.05, 3.63) is 69.8 Å². The molecule has 4 N–H and O–H groups in total. The van der Waals surface area contributed by atoms with Crippen molar-refractivity contribution in [3.63, 3.8) is 0 Å². The molecule has 9 heteroatoms. The molecule has 1 aromatic heterocycles. The number of benzene rings is 2. The first-order chi connectivity index (χ1) is 14.5. The molecule has 2 aromatic carbocycles. The summed E-state index contributed by atoms with van der Waals surface area (Å²) in [5, 5.41) is 24.3. The van der Waals surface area contributed by atoms with Crippen molar-refractivity contribution < 1.29 is 27.8 Å². The first-order valence-corrected chi connectivity index (χ1v) is 9.75. The van der Waals surface area contributed by atoms with E-state index in [0.29, 0.717) is 5.56 Å². The Balaban J connectivity index is 1.94. The average molecular weight is 436 g/mol. The Labute approximate surface area is 174 Å². The van der Waals surface area contributed by atoms with Crippen LogP contribution in [0, 0.1) is 5.82 Å². The zero-order valence-electron chi connectivity index (χ0n) is 16.4. The van der Waals surface area contributed by atoms with Crippen LogP contribution in [0.15, 0.2) is 47.3 Å². The summed E-state index contributed by atoms with van der Waals surface area (Å²) in [6.07, 6.45) is -5.39. The molecule has 1 aliphatic carbocycles. The highest BCUT2D eigenvalue weighted by atomic mass is 19.4. The quantitative estimate of drug-likeness (QED) is 0.448. The monoisotopic (exact) mass is 436 g/mol. The first-order valence-electron chi connectivity index (χ1n) is 9.75. The Bertz CT molecular complexity index is 1210. The molecule has 31 heavy (non-hydrogen) atoms. The number of nitrogens with one attached hydrogen (secondary N) is 2. The highest BCUT2D eigenvalue weighted by molar-refractivity contribution is 5.91. The van der Waals surface area contributed by atoms with Crippen molar-refractivity contribution in [2.45, 2.75) is 43.5 Å². The molecule has 0 saturated carbocycles. The van der Waals surface area contributed by atoms with Gasteiger partial charge in [-0.05, 0) is 48.6 Å². The van der Waals surface area contributed by atoms with Gasteiger partial charge in [-0.15, -0.1) is 0 Å². The van der Waals surface area contributed by atoms with E-state index in [4.69, 9.17) is 0 Å². The largest absolute Gasteiger partial charge is 0.508 e. The van der Waals surface area contributed by atoms with Crippen LogP contribution in [-0.2, 0) is 0 Å². The van der Waals surface area contributed by atoms with Gasteiger partial charge in [-0.3, -0.25) is 4.79 Å². The number of alkyl halides is 3. The number of aromatic nitrogens is 1. The molecule has 5 nitrogen and oxygen atoms in total. The summed E-state index contributed by atoms with van der Waals surface area (Å²) in [5.74, 6) is -1.65. The molecule has 0 spiro atoms. The number of hydrogen-bond donors (Lipinski definition) is 4. The van der Waals surface area contributed by atoms with Crippen molar-refractivity contribution in [1.82, 2.24) is 4.98 Å². The van der Waals surface area contributed by atoms with Crippen LogP contribution in [0.3, 0.4) is 0 Å². The Morgan fingerprint density at radius 2 is 1.97 bits per heavy atom. The molecular weight excluding hydrogens is 416 g/mol. The minimum absolute atomic E-state index is 0.0248. The van der Waals surface area contributed by atoms with E-state index >= 15 is 0 Å². The number of phenols is 1. The van der Waals surface area contributed by atoms with E-state index in [1.165, 1.54) is 30.3 Å². The molecule has 0 amide bonds. The van der Waals surface area contributed by atoms with E-state index in [1.807, 2.05) is 0 Å². The molecule has 0 saturated heterocycles. The molecule has 164 valence electrons. The highest BCUT2D eigenvalue weighted by Gasteiger charge is 2.62. The molecular formula is C22H20F4N2O3. The van der Waals surface area contributed by atoms with Crippen LogP contribution in [0.25, 0.3) is 10.9 Å². The number of pyridine rings is 1. The minimum Gasteiger partial charge on any atom is -0.508 e. The van der Waals surface area contributed by atoms with E-state index in [-0.39, 0.29) is 34.3 Å². The van der Waals surface area contributed by atoms with E-state index in [0.717, 1.165) is 12.1 Å². The summed E-state index contributed by atoms with van der Waals surface area (Å²) in [4.78, 5) is 14.0. The van der Waals surface area contributed by atoms with Gasteiger partial charge < -0.3 is 20.5 Å². The third-order valence-corrected chi connectivity index (χ3v) is 5.96. The number of aliphatic hydroxyl groups is 1. The fourth-order valence-corrected chi connectivity index (χ4v) is 4.45. The van der Waals surface area contributed by atoms with Gasteiger partial charge in [-0.25, -0.2) is 4.39 Å². The van der Waals surface area contributed by atoms with Gasteiger partial charge in [0.25, 0.3) is 0 Å². The molecule has 3 atom stereocenters. The van der Waals surface area contributed by atoms with Crippen LogP contribution in [0.2, 0.25) is 0 Å². The predicted octanol–water partition coefficient (Wildman–Crippen LogP) is 4.72. The Hall–Kier alpha value is -3.07. The van der Waals surface area contributed by atoms with E-state index in [1.54, 1.807) is 6.92 Å². The number of hydrogen-bond acceptors (Lipinski definition) is 4. The van der Waals surface area contributed by atoms with Gasteiger partial charge in [0.05, 0.1) is 11.6 Å². The van der Waals surface area contributed by atoms with Gasteiger partial charge in [0, 0.05) is 22.7 Å². The Morgan fingerprint density at radius 1 is 1.23 bits per heavy atom. The second-order valence-electron chi connectivity index (χ2n) is 7.83. The smallest absolute Gasteiger partial charge is 0.419 e. The minimum atomic E-state index is -5.00. The number of phenolic OH excluding ortho intramolecular Hbond substituents is 1. The fourth-order valence-electron chi connectivity index (χ4n) is 4.45. The van der Waals surface area contributed by atoms with Gasteiger partial charge in [-0.2, -0.15) is 13.2 Å². The Morgan fingerprint density at radius 3 is 2.65 bits per heavy atom. The van der Waals surface area contributed by atoms with Crippen molar-refractivity contribution in [2.75, 3.05) is 5.32 Å². The number of aromatic amines is 1. The lowest BCUT2D eigenvalue weighted by molar-refractivity contribution is -0.272. The summed E-state index contributed by atoms with van der Waals surface area (Å²) in [7, 11) is 0. The number of H-pyrrole nitrogens is 1. The zero-order chi connectivity index (χ0) is 22.6. The van der Waals surface area contributed by atoms with Crippen LogP contribution < -0.4 is 10.9 Å². The van der Waals surface area contributed by atoms with Crippen LogP contribution >= 0.6 is 0 Å². The fraction of sp³-hybridized carbons (Fsp3) is 0.318. The maximum atomic E-state index is 14.2. The van der Waals surface area contributed by atoms with Gasteiger partial charge in [-0.1, -0.05) is 19.1 Å². The van der Waals surface area contributed by atoms with E-state index < -0.39 is 41.5 Å². The SMILES string of the molecule is CC[C@H]1C[C@](O)(C(F)(F)F)[C@@H](Nc2cc(F)cc3[nH]c(=O)ccc23)c2cccc(O)c21. The standard InChI is InChI=1S/C22H20F4N2O3/c1-2-11-10-21(31,22(24,25)26)20(14-4-3-5-17(29)19(11)14)28-16-9-12(23)8-15-13(16)6-7-18(30)27-15/h3-9,11,20,28-29,31H,2,10H2,1H3,(H,27,30)/t11-,20-,21+/m0/s1. The molecule has 3 aromatic rings. The van der Waals surface area contributed by atoms with Gasteiger partial charge in [0.15, 0.2) is 5.60 Å². The second kappa shape index (κ2) is 7.26. The third kappa shape index (κ3) is 3.42. The molecule has 0 unspecified atom stereocenters. The maximum absolute atomic E-state index is 14.2. The first kappa shape index (κ1) is 21.2. The number of anilines is 1. The lowest BCUT2D eigenvalue weighted by Gasteiger charge is -2.45. The summed E-state index contributed by atoms with van der Waals surface area (Å²) in [6, 6.07) is 7.09. The molecule has 0 radical (unpaired) electrons. The van der Waals surface area contributed by atoms with Crippen molar-refractivity contribution in [1.29, 1.82) is 0 Å². The summed E-state index contributed by atoms with van der Waals surface area (Å²) < 4.78 is 56.7. The van der Waals surface area contributed by atoms with Crippen LogP contribution in [-0.4, -0.2) is 27.0 Å². The molecule has 4 rings (SSSR count). The van der Waals surface area contributed by atoms with Crippen molar-refractivity contribution in [3.8, 4) is 5.75 Å². The lowest BCUT2D eigenvalue weighted by atomic mass is 9.69. The number of fused-ring (bicyclic) bond motifs is 2. The van der Waals surface area contributed by atoms with Gasteiger partial charge in [0.2, 0.25) is 5.56 Å². The normalized spacial score (nSPS) is 23.5. The van der Waals surface area contributed by atoms with Crippen molar-refractivity contribution >= 4 is 16.6 Å². The number of halogens is 4. The number of rotatable bonds is 3. The molecule has 1 aliphatic rings. The van der Waals surface area contributed by atoms with Gasteiger partial charge >= 0.3 is 6.18 Å². The summed E-state index contributed by atoms with van der Waals surface area (Å²) >= 11 is 0. The lowest BCUT2D eigenvalue weighted by Crippen LogP contribution is -2.55.